The molecule has 1 unspecified atom stereocenters. The summed E-state index contributed by atoms with van der Waals surface area (Å²) in [6, 6.07) is 0. The van der Waals surface area contributed by atoms with Gasteiger partial charge in [-0.05, 0) is 0 Å². The van der Waals surface area contributed by atoms with Crippen molar-refractivity contribution in [2.45, 2.75) is 29.3 Å². The van der Waals surface area contributed by atoms with E-state index in [2.05, 4.69) is 66.3 Å². The van der Waals surface area contributed by atoms with Crippen molar-refractivity contribution in [3.63, 3.8) is 0 Å². The van der Waals surface area contributed by atoms with E-state index in [9.17, 15) is 0 Å². The SMILES string of the molecule is [I][Zr]([I])([I])[CH]1C=CC2=C1CCCC2. The first-order valence-electron chi connectivity index (χ1n) is 4.56. The molecule has 0 aromatic heterocycles. The normalized spacial score (nSPS) is 28.1. The van der Waals surface area contributed by atoms with Crippen molar-refractivity contribution in [3.8, 4) is 0 Å². The Morgan fingerprint density at radius 2 is 1.85 bits per heavy atom. The molecule has 0 aromatic rings. The van der Waals surface area contributed by atoms with Crippen LogP contribution >= 0.6 is 54.1 Å². The molecule has 0 amide bonds. The Morgan fingerprint density at radius 3 is 2.54 bits per heavy atom. The molecule has 2 aliphatic carbocycles. The molecule has 0 nitrogen and oxygen atoms in total. The second-order valence-corrected chi connectivity index (χ2v) is 74.7. The van der Waals surface area contributed by atoms with Gasteiger partial charge in [0.1, 0.15) is 0 Å². The second-order valence-electron chi connectivity index (χ2n) is 3.64. The van der Waals surface area contributed by atoms with Gasteiger partial charge in [-0.2, -0.15) is 0 Å². The maximum absolute atomic E-state index is 2.77. The van der Waals surface area contributed by atoms with Gasteiger partial charge in [-0.15, -0.1) is 0 Å². The summed E-state index contributed by atoms with van der Waals surface area (Å²) < 4.78 is 0.895. The number of allylic oxidation sites excluding steroid dienone is 4. The fraction of sp³-hybridized carbons (Fsp3) is 0.556. The number of halogens is 3. The van der Waals surface area contributed by atoms with Crippen LogP contribution in [0.5, 0.6) is 0 Å². The van der Waals surface area contributed by atoms with Crippen LogP contribution in [0, 0.1) is 0 Å². The monoisotopic (exact) mass is 590 g/mol. The van der Waals surface area contributed by atoms with Crippen molar-refractivity contribution >= 4 is 54.1 Å². The van der Waals surface area contributed by atoms with E-state index in [4.69, 9.17) is 0 Å². The van der Waals surface area contributed by atoms with Crippen LogP contribution in [0.1, 0.15) is 25.7 Å². The zero-order chi connectivity index (χ0) is 9.47. The molecule has 2 aliphatic rings. The van der Waals surface area contributed by atoms with Gasteiger partial charge in [0.05, 0.1) is 0 Å². The molecule has 0 saturated heterocycles. The molecular weight excluding hydrogens is 580 g/mol. The van der Waals surface area contributed by atoms with Crippen molar-refractivity contribution in [1.29, 1.82) is 0 Å². The Hall–Kier alpha value is 2.55. The van der Waals surface area contributed by atoms with Gasteiger partial charge in [0.25, 0.3) is 0 Å². The van der Waals surface area contributed by atoms with Gasteiger partial charge in [0.2, 0.25) is 0 Å². The van der Waals surface area contributed by atoms with Gasteiger partial charge in [0.15, 0.2) is 0 Å². The zero-order valence-electron chi connectivity index (χ0n) is 7.19. The standard InChI is InChI=1S/C9H11.3HI.Zr/c1-2-5-9-7-3-6-8(9)4-1;;;;/h3,6-7H,1-2,4-5H2;3*1H;/q;;;;+3/p-3. The molecule has 72 valence electrons. The summed E-state index contributed by atoms with van der Waals surface area (Å²) in [4.78, 5) is 0. The Bertz CT molecular complexity index is 275. The number of rotatable bonds is 1. The van der Waals surface area contributed by atoms with E-state index >= 15 is 0 Å². The summed E-state index contributed by atoms with van der Waals surface area (Å²) in [6.07, 6.45) is 10.5. The van der Waals surface area contributed by atoms with E-state index in [1.54, 1.807) is 5.57 Å². The van der Waals surface area contributed by atoms with E-state index in [1.165, 1.54) is 25.7 Å². The van der Waals surface area contributed by atoms with Crippen LogP contribution in [0.15, 0.2) is 23.3 Å². The Labute approximate surface area is 112 Å². The first kappa shape index (κ1) is 12.0. The summed E-state index contributed by atoms with van der Waals surface area (Å²) in [6.45, 7) is 0. The summed E-state index contributed by atoms with van der Waals surface area (Å²) in [7, 11) is -1.78. The first-order chi connectivity index (χ1) is 6.09. The number of hydrogen-bond donors (Lipinski definition) is 0. The minimum absolute atomic E-state index is 0.895. The average molecular weight is 591 g/mol. The molecule has 0 N–H and O–H groups in total. The predicted molar refractivity (Wildman–Crippen MR) is 80.4 cm³/mol. The maximum atomic E-state index is 2.77. The fourth-order valence-electron chi connectivity index (χ4n) is 2.13. The Kier molecular flexibility index (Phi) is 4.46. The number of hydrogen-bond acceptors (Lipinski definition) is 0. The van der Waals surface area contributed by atoms with E-state index in [1.807, 2.05) is 5.57 Å². The van der Waals surface area contributed by atoms with Gasteiger partial charge in [-0.3, -0.25) is 0 Å². The summed E-state index contributed by atoms with van der Waals surface area (Å²) >= 11 is 8.30. The first-order valence-corrected chi connectivity index (χ1v) is 27.9. The van der Waals surface area contributed by atoms with Crippen molar-refractivity contribution < 1.29 is 7.70 Å². The molecule has 4 heteroatoms. The van der Waals surface area contributed by atoms with Crippen molar-refractivity contribution in [2.75, 3.05) is 0 Å². The van der Waals surface area contributed by atoms with Crippen molar-refractivity contribution in [3.05, 3.63) is 23.3 Å². The van der Waals surface area contributed by atoms with E-state index in [-0.39, 0.29) is 0 Å². The van der Waals surface area contributed by atoms with Crippen molar-refractivity contribution in [2.24, 2.45) is 0 Å². The van der Waals surface area contributed by atoms with Crippen LogP contribution in [0.3, 0.4) is 0 Å². The molecule has 0 fully saturated rings. The molecule has 13 heavy (non-hydrogen) atoms. The van der Waals surface area contributed by atoms with Gasteiger partial charge in [-0.25, -0.2) is 0 Å². The van der Waals surface area contributed by atoms with Crippen LogP contribution in [0.4, 0.5) is 0 Å². The van der Waals surface area contributed by atoms with Crippen LogP contribution < -0.4 is 0 Å². The molecule has 0 spiro atoms. The van der Waals surface area contributed by atoms with E-state index < -0.39 is 7.70 Å². The summed E-state index contributed by atoms with van der Waals surface area (Å²) in [5, 5.41) is 0. The topological polar surface area (TPSA) is 0 Å². The molecule has 2 rings (SSSR count). The predicted octanol–water partition coefficient (Wildman–Crippen LogP) is 5.42. The molecule has 0 bridgehead atoms. The second kappa shape index (κ2) is 4.82. The molecule has 0 aromatic carbocycles. The van der Waals surface area contributed by atoms with Gasteiger partial charge >= 0.3 is 114 Å². The third-order valence-electron chi connectivity index (χ3n) is 2.77. The van der Waals surface area contributed by atoms with Gasteiger partial charge < -0.3 is 0 Å². The summed E-state index contributed by atoms with van der Waals surface area (Å²) in [5.41, 5.74) is 3.52. The quantitative estimate of drug-likeness (QED) is 0.358. The van der Waals surface area contributed by atoms with E-state index in [0.717, 1.165) is 3.63 Å². The molecule has 1 atom stereocenters. The van der Waals surface area contributed by atoms with Crippen LogP contribution in [-0.2, 0) is 7.70 Å². The third-order valence-corrected chi connectivity index (χ3v) is 17.7. The van der Waals surface area contributed by atoms with Gasteiger partial charge in [0, 0.05) is 0 Å². The Morgan fingerprint density at radius 1 is 1.15 bits per heavy atom. The van der Waals surface area contributed by atoms with Gasteiger partial charge in [-0.1, -0.05) is 0 Å². The average Bonchev–Trinajstić information content (AvgIpc) is 2.45. The van der Waals surface area contributed by atoms with Crippen molar-refractivity contribution in [1.82, 2.24) is 0 Å². The summed E-state index contributed by atoms with van der Waals surface area (Å²) in [5.74, 6) is 0. The fourth-order valence-corrected chi connectivity index (χ4v) is 15.0. The molecular formula is C9H11I3Zr. The molecule has 0 aliphatic heterocycles. The third kappa shape index (κ3) is 2.81. The van der Waals surface area contributed by atoms with E-state index in [0.29, 0.717) is 0 Å². The van der Waals surface area contributed by atoms with Crippen LogP contribution in [0.25, 0.3) is 0 Å². The van der Waals surface area contributed by atoms with Crippen LogP contribution in [-0.4, -0.2) is 0 Å². The molecule has 0 radical (unpaired) electrons. The minimum atomic E-state index is -1.78. The zero-order valence-corrected chi connectivity index (χ0v) is 16.1. The molecule has 0 heterocycles. The van der Waals surface area contributed by atoms with Crippen LogP contribution in [0.2, 0.25) is 3.63 Å². The Balaban J connectivity index is 2.26. The molecule has 0 saturated carbocycles.